The van der Waals surface area contributed by atoms with E-state index < -0.39 is 0 Å². The first-order valence-electron chi connectivity index (χ1n) is 4.39. The molecular weight excluding hydrogens is 136 g/mol. The molecule has 1 N–H and O–H groups in total. The average molecular weight is 154 g/mol. The van der Waals surface area contributed by atoms with E-state index in [1.165, 1.54) is 19.3 Å². The van der Waals surface area contributed by atoms with Crippen molar-refractivity contribution in [1.82, 2.24) is 0 Å². The maximum Gasteiger partial charge on any atom is 0.107 e. The molecule has 0 aliphatic rings. The molecule has 1 nitrogen and oxygen atoms in total. The van der Waals surface area contributed by atoms with Crippen molar-refractivity contribution in [3.8, 4) is 12.0 Å². The van der Waals surface area contributed by atoms with Crippen LogP contribution in [-0.2, 0) is 0 Å². The Morgan fingerprint density at radius 2 is 1.91 bits per heavy atom. The van der Waals surface area contributed by atoms with E-state index in [0.717, 1.165) is 18.8 Å². The fourth-order valence-corrected chi connectivity index (χ4v) is 0.999. The molecule has 0 aliphatic carbocycles. The van der Waals surface area contributed by atoms with Crippen molar-refractivity contribution in [1.29, 1.82) is 0 Å². The molecule has 0 heterocycles. The van der Waals surface area contributed by atoms with Crippen molar-refractivity contribution >= 4 is 0 Å². The first-order valence-corrected chi connectivity index (χ1v) is 4.39. The van der Waals surface area contributed by atoms with E-state index in [4.69, 9.17) is 5.11 Å². The van der Waals surface area contributed by atoms with Crippen LogP contribution in [0.5, 0.6) is 0 Å². The Morgan fingerprint density at radius 1 is 1.18 bits per heavy atom. The summed E-state index contributed by atoms with van der Waals surface area (Å²) in [7, 11) is 0. The molecule has 0 aromatic carbocycles. The van der Waals surface area contributed by atoms with Crippen LogP contribution in [0.25, 0.3) is 0 Å². The van der Waals surface area contributed by atoms with Gasteiger partial charge in [-0.25, -0.2) is 0 Å². The highest BCUT2D eigenvalue weighted by Gasteiger charge is 1.92. The maximum atomic E-state index is 8.15. The lowest BCUT2D eigenvalue weighted by Crippen LogP contribution is -1.86. The second kappa shape index (κ2) is 7.47. The van der Waals surface area contributed by atoms with Gasteiger partial charge >= 0.3 is 0 Å². The van der Waals surface area contributed by atoms with Gasteiger partial charge in [-0.2, -0.15) is 0 Å². The number of rotatable bonds is 5. The molecule has 0 rings (SSSR count). The lowest BCUT2D eigenvalue weighted by Gasteiger charge is -2.01. The molecule has 0 spiro atoms. The lowest BCUT2D eigenvalue weighted by atomic mass is 10.0. The van der Waals surface area contributed by atoms with E-state index in [9.17, 15) is 0 Å². The molecule has 0 amide bonds. The van der Waals surface area contributed by atoms with E-state index in [0.29, 0.717) is 0 Å². The molecule has 64 valence electrons. The number of unbranched alkanes of at least 4 members (excludes halogenated alkanes) is 3. The molecule has 0 atom stereocenters. The number of aliphatic hydroxyl groups excluding tert-OH is 1. The molecule has 0 fully saturated rings. The summed E-state index contributed by atoms with van der Waals surface area (Å²) < 4.78 is 0. The van der Waals surface area contributed by atoms with Crippen LogP contribution in [0.1, 0.15) is 46.0 Å². The van der Waals surface area contributed by atoms with Crippen LogP contribution in [0.4, 0.5) is 0 Å². The smallest absolute Gasteiger partial charge is 0.107 e. The minimum absolute atomic E-state index is 0.818. The Balaban J connectivity index is 2.95. The second-order valence-electron chi connectivity index (χ2n) is 3.28. The highest BCUT2D eigenvalue weighted by atomic mass is 16.2. The minimum Gasteiger partial charge on any atom is -0.462 e. The first-order chi connectivity index (χ1) is 5.27. The molecule has 0 aliphatic heterocycles. The van der Waals surface area contributed by atoms with E-state index in [2.05, 4.69) is 19.8 Å². The third-order valence-corrected chi connectivity index (χ3v) is 1.66. The molecule has 0 bridgehead atoms. The summed E-state index contributed by atoms with van der Waals surface area (Å²) in [6.45, 7) is 4.49. The number of hydrogen-bond donors (Lipinski definition) is 1. The minimum atomic E-state index is 0.818. The second-order valence-corrected chi connectivity index (χ2v) is 3.28. The zero-order valence-electron chi connectivity index (χ0n) is 7.56. The summed E-state index contributed by atoms with van der Waals surface area (Å²) in [5.74, 6) is 3.46. The van der Waals surface area contributed by atoms with Gasteiger partial charge < -0.3 is 5.11 Å². The van der Waals surface area contributed by atoms with Crippen molar-refractivity contribution in [2.45, 2.75) is 46.0 Å². The highest BCUT2D eigenvalue weighted by molar-refractivity contribution is 4.88. The number of aliphatic hydroxyl groups is 1. The molecule has 1 heteroatoms. The normalized spacial score (nSPS) is 9.36. The van der Waals surface area contributed by atoms with E-state index in [1.807, 2.05) is 6.11 Å². The van der Waals surface area contributed by atoms with Crippen molar-refractivity contribution in [2.24, 2.45) is 5.92 Å². The van der Waals surface area contributed by atoms with Gasteiger partial charge in [0.25, 0.3) is 0 Å². The zero-order valence-corrected chi connectivity index (χ0v) is 7.56. The van der Waals surface area contributed by atoms with E-state index in [1.54, 1.807) is 0 Å². The van der Waals surface area contributed by atoms with Gasteiger partial charge in [-0.1, -0.05) is 39.0 Å². The lowest BCUT2D eigenvalue weighted by molar-refractivity contribution is 0.513. The number of hydrogen-bond acceptors (Lipinski definition) is 1. The van der Waals surface area contributed by atoms with Crippen LogP contribution in [0, 0.1) is 17.9 Å². The van der Waals surface area contributed by atoms with Gasteiger partial charge in [-0.3, -0.25) is 0 Å². The summed E-state index contributed by atoms with van der Waals surface area (Å²) in [4.78, 5) is 0. The maximum absolute atomic E-state index is 8.15. The Labute approximate surface area is 69.8 Å². The Kier molecular flexibility index (Phi) is 7.03. The van der Waals surface area contributed by atoms with E-state index in [-0.39, 0.29) is 0 Å². The summed E-state index contributed by atoms with van der Waals surface area (Å²) in [5.41, 5.74) is 0. The van der Waals surface area contributed by atoms with Crippen LogP contribution in [-0.4, -0.2) is 5.11 Å². The van der Waals surface area contributed by atoms with Crippen LogP contribution >= 0.6 is 0 Å². The molecule has 0 saturated carbocycles. The van der Waals surface area contributed by atoms with Crippen LogP contribution in [0.15, 0.2) is 0 Å². The summed E-state index contributed by atoms with van der Waals surface area (Å²) in [6, 6.07) is 0. The van der Waals surface area contributed by atoms with Crippen molar-refractivity contribution < 1.29 is 5.11 Å². The monoisotopic (exact) mass is 154 g/mol. The molecule has 11 heavy (non-hydrogen) atoms. The van der Waals surface area contributed by atoms with Gasteiger partial charge in [0.2, 0.25) is 0 Å². The highest BCUT2D eigenvalue weighted by Crippen LogP contribution is 2.08. The summed E-state index contributed by atoms with van der Waals surface area (Å²) in [5, 5.41) is 8.15. The van der Waals surface area contributed by atoms with Gasteiger partial charge in [0.1, 0.15) is 6.11 Å². The van der Waals surface area contributed by atoms with Gasteiger partial charge in [0.05, 0.1) is 0 Å². The molecule has 0 aromatic heterocycles. The van der Waals surface area contributed by atoms with Crippen LogP contribution < -0.4 is 0 Å². The Morgan fingerprint density at radius 3 is 2.45 bits per heavy atom. The van der Waals surface area contributed by atoms with Crippen molar-refractivity contribution in [3.63, 3.8) is 0 Å². The molecule has 0 saturated heterocycles. The van der Waals surface area contributed by atoms with Crippen LogP contribution in [0.3, 0.4) is 0 Å². The first kappa shape index (κ1) is 10.4. The van der Waals surface area contributed by atoms with Gasteiger partial charge in [0.15, 0.2) is 0 Å². The summed E-state index contributed by atoms with van der Waals surface area (Å²) >= 11 is 0. The predicted octanol–water partition coefficient (Wildman–Crippen LogP) is 2.93. The Hall–Kier alpha value is -0.640. The molecule has 0 unspecified atom stereocenters. The third-order valence-electron chi connectivity index (χ3n) is 1.66. The fourth-order valence-electron chi connectivity index (χ4n) is 0.999. The quantitative estimate of drug-likeness (QED) is 0.477. The van der Waals surface area contributed by atoms with Crippen LogP contribution in [0.2, 0.25) is 0 Å². The van der Waals surface area contributed by atoms with Gasteiger partial charge in [0, 0.05) is 6.42 Å². The van der Waals surface area contributed by atoms with Crippen molar-refractivity contribution in [2.75, 3.05) is 0 Å². The standard InChI is InChI=1S/C10H18O/c1-10(2)8-6-4-3-5-7-9-11/h10-11H,3-6,8H2,1-2H3. The van der Waals surface area contributed by atoms with E-state index >= 15 is 0 Å². The fraction of sp³-hybridized carbons (Fsp3) is 0.800. The molecule has 0 radical (unpaired) electrons. The molecular formula is C10H18O. The SMILES string of the molecule is CC(C)CCCCCC#CO. The third kappa shape index (κ3) is 9.36. The summed E-state index contributed by atoms with van der Waals surface area (Å²) in [6.07, 6.45) is 7.74. The predicted molar refractivity (Wildman–Crippen MR) is 47.6 cm³/mol. The largest absolute Gasteiger partial charge is 0.462 e. The zero-order chi connectivity index (χ0) is 8.53. The Bertz CT molecular complexity index is 128. The van der Waals surface area contributed by atoms with Gasteiger partial charge in [-0.05, 0) is 12.3 Å². The average Bonchev–Trinajstić information content (AvgIpc) is 1.96. The van der Waals surface area contributed by atoms with Gasteiger partial charge in [-0.15, -0.1) is 0 Å². The topological polar surface area (TPSA) is 20.2 Å². The van der Waals surface area contributed by atoms with Crippen molar-refractivity contribution in [3.05, 3.63) is 0 Å². The molecule has 0 aromatic rings.